The van der Waals surface area contributed by atoms with Crippen molar-refractivity contribution in [3.05, 3.63) is 48.6 Å². The summed E-state index contributed by atoms with van der Waals surface area (Å²) < 4.78 is 6.60. The molecule has 8 nitrogen and oxygen atoms in total. The Morgan fingerprint density at radius 2 is 2.12 bits per heavy atom. The maximum Gasteiger partial charge on any atom is 0.276 e. The van der Waals surface area contributed by atoms with Crippen LogP contribution in [0.25, 0.3) is 11.4 Å². The maximum absolute atomic E-state index is 12.4. The van der Waals surface area contributed by atoms with Gasteiger partial charge in [0.15, 0.2) is 5.69 Å². The highest BCUT2D eigenvalue weighted by molar-refractivity contribution is 6.02. The van der Waals surface area contributed by atoms with Crippen molar-refractivity contribution in [3.63, 3.8) is 0 Å². The van der Waals surface area contributed by atoms with Gasteiger partial charge in [-0.3, -0.25) is 9.48 Å². The van der Waals surface area contributed by atoms with Crippen LogP contribution in [-0.2, 0) is 0 Å². The number of aromatic nitrogens is 4. The molecule has 26 heavy (non-hydrogen) atoms. The van der Waals surface area contributed by atoms with Crippen LogP contribution in [0.5, 0.6) is 0 Å². The summed E-state index contributed by atoms with van der Waals surface area (Å²) in [6, 6.07) is 9.30. The molecule has 1 aliphatic heterocycles. The number of amides is 1. The van der Waals surface area contributed by atoms with Gasteiger partial charge in [-0.25, -0.2) is 0 Å². The third kappa shape index (κ3) is 3.92. The number of nitrogens with one attached hydrogen (secondary N) is 2. The van der Waals surface area contributed by atoms with Gasteiger partial charge in [0.1, 0.15) is 0 Å². The fourth-order valence-corrected chi connectivity index (χ4v) is 2.92. The van der Waals surface area contributed by atoms with Gasteiger partial charge in [-0.2, -0.15) is 10.1 Å². The van der Waals surface area contributed by atoms with Crippen LogP contribution in [0.2, 0.25) is 0 Å². The second-order valence-corrected chi connectivity index (χ2v) is 5.97. The number of carbonyl (C=O) groups is 1. The number of hydrogen-bond acceptors (Lipinski definition) is 6. The van der Waals surface area contributed by atoms with E-state index in [9.17, 15) is 4.79 Å². The highest BCUT2D eigenvalue weighted by Gasteiger charge is 2.17. The van der Waals surface area contributed by atoms with E-state index in [0.717, 1.165) is 31.5 Å². The van der Waals surface area contributed by atoms with Gasteiger partial charge in [-0.1, -0.05) is 5.16 Å². The first kappa shape index (κ1) is 18.1. The van der Waals surface area contributed by atoms with Crippen molar-refractivity contribution in [2.45, 2.75) is 18.9 Å². The van der Waals surface area contributed by atoms with Gasteiger partial charge in [0, 0.05) is 24.0 Å². The topological polar surface area (TPSA) is 97.9 Å². The van der Waals surface area contributed by atoms with Crippen LogP contribution in [-0.4, -0.2) is 38.9 Å². The molecule has 0 bridgehead atoms. The lowest BCUT2D eigenvalue weighted by Crippen LogP contribution is -2.32. The summed E-state index contributed by atoms with van der Waals surface area (Å²) in [4.78, 5) is 16.4. The fraction of sp³-hybridized carbons (Fsp3) is 0.294. The molecule has 3 aromatic rings. The summed E-state index contributed by atoms with van der Waals surface area (Å²) in [7, 11) is 0. The average molecular weight is 375 g/mol. The summed E-state index contributed by atoms with van der Waals surface area (Å²) in [6.07, 6.45) is 5.35. The first-order valence-electron chi connectivity index (χ1n) is 8.23. The van der Waals surface area contributed by atoms with E-state index in [1.165, 1.54) is 6.39 Å². The van der Waals surface area contributed by atoms with Crippen molar-refractivity contribution < 1.29 is 9.32 Å². The number of anilines is 1. The molecule has 1 unspecified atom stereocenters. The van der Waals surface area contributed by atoms with Crippen LogP contribution in [0.3, 0.4) is 0 Å². The third-order valence-corrected chi connectivity index (χ3v) is 4.25. The zero-order chi connectivity index (χ0) is 17.1. The molecule has 3 heterocycles. The van der Waals surface area contributed by atoms with Crippen LogP contribution >= 0.6 is 12.4 Å². The summed E-state index contributed by atoms with van der Waals surface area (Å²) in [5.74, 6) is 0.285. The molecule has 1 atom stereocenters. The number of carbonyl (C=O) groups excluding carboxylic acids is 1. The first-order valence-corrected chi connectivity index (χ1v) is 8.23. The molecule has 0 radical (unpaired) electrons. The number of benzene rings is 1. The number of nitrogens with zero attached hydrogens (tertiary/aromatic N) is 4. The SMILES string of the molecule is Cl.O=C(Nc1ccc(-c2ncon2)cc1)c1ccn(C2CCCNC2)n1. The smallest absolute Gasteiger partial charge is 0.276 e. The van der Waals surface area contributed by atoms with E-state index in [4.69, 9.17) is 4.52 Å². The number of halogens is 1. The second kappa shape index (κ2) is 8.11. The van der Waals surface area contributed by atoms with E-state index in [-0.39, 0.29) is 18.3 Å². The lowest BCUT2D eigenvalue weighted by Gasteiger charge is -2.22. The van der Waals surface area contributed by atoms with Crippen molar-refractivity contribution in [2.75, 3.05) is 18.4 Å². The van der Waals surface area contributed by atoms with Gasteiger partial charge in [0.2, 0.25) is 12.2 Å². The average Bonchev–Trinajstić information content (AvgIpc) is 3.35. The van der Waals surface area contributed by atoms with Gasteiger partial charge in [-0.15, -0.1) is 12.4 Å². The zero-order valence-electron chi connectivity index (χ0n) is 14.0. The first-order chi connectivity index (χ1) is 12.3. The largest absolute Gasteiger partial charge is 0.342 e. The Morgan fingerprint density at radius 1 is 1.27 bits per heavy atom. The molecule has 9 heteroatoms. The zero-order valence-corrected chi connectivity index (χ0v) is 14.8. The van der Waals surface area contributed by atoms with Crippen molar-refractivity contribution >= 4 is 24.0 Å². The molecule has 0 spiro atoms. The molecule has 1 saturated heterocycles. The van der Waals surface area contributed by atoms with Crippen molar-refractivity contribution in [2.24, 2.45) is 0 Å². The Labute approximate surface area is 156 Å². The van der Waals surface area contributed by atoms with Gasteiger partial charge < -0.3 is 15.2 Å². The number of piperidine rings is 1. The fourth-order valence-electron chi connectivity index (χ4n) is 2.92. The molecule has 2 N–H and O–H groups in total. The second-order valence-electron chi connectivity index (χ2n) is 5.97. The van der Waals surface area contributed by atoms with Crippen LogP contribution in [0.4, 0.5) is 5.69 Å². The van der Waals surface area contributed by atoms with E-state index in [1.54, 1.807) is 18.2 Å². The highest BCUT2D eigenvalue weighted by atomic mass is 35.5. The molecule has 1 amide bonds. The van der Waals surface area contributed by atoms with Gasteiger partial charge in [0.05, 0.1) is 6.04 Å². The van der Waals surface area contributed by atoms with E-state index in [1.807, 2.05) is 23.0 Å². The summed E-state index contributed by atoms with van der Waals surface area (Å²) in [5.41, 5.74) is 1.92. The molecule has 1 aliphatic rings. The Morgan fingerprint density at radius 3 is 2.81 bits per heavy atom. The third-order valence-electron chi connectivity index (χ3n) is 4.25. The van der Waals surface area contributed by atoms with Crippen LogP contribution in [0.15, 0.2) is 47.4 Å². The molecule has 2 aromatic heterocycles. The monoisotopic (exact) mass is 374 g/mol. The van der Waals surface area contributed by atoms with Crippen molar-refractivity contribution in [3.8, 4) is 11.4 Å². The Balaban J connectivity index is 0.00000196. The van der Waals surface area contributed by atoms with Gasteiger partial charge >= 0.3 is 0 Å². The standard InChI is InChI=1S/C17H18N6O2.ClH/c24-17(15-7-9-23(21-15)14-2-1-8-18-10-14)20-13-5-3-12(4-6-13)16-19-11-25-22-16;/h3-7,9,11,14,18H,1-2,8,10H2,(H,20,24);1H. The summed E-state index contributed by atoms with van der Waals surface area (Å²) in [6.45, 7) is 1.94. The molecule has 4 rings (SSSR count). The molecule has 0 aliphatic carbocycles. The molecular formula is C17H19ClN6O2. The minimum absolute atomic E-state index is 0. The molecule has 0 saturated carbocycles. The van der Waals surface area contributed by atoms with Crippen molar-refractivity contribution in [1.82, 2.24) is 25.2 Å². The predicted molar refractivity (Wildman–Crippen MR) is 98.3 cm³/mol. The lowest BCUT2D eigenvalue weighted by atomic mass is 10.1. The van der Waals surface area contributed by atoms with E-state index in [0.29, 0.717) is 23.2 Å². The minimum Gasteiger partial charge on any atom is -0.342 e. The summed E-state index contributed by atoms with van der Waals surface area (Å²) in [5, 5.41) is 14.4. The van der Waals surface area contributed by atoms with Gasteiger partial charge in [0.25, 0.3) is 5.91 Å². The normalized spacial score (nSPS) is 16.7. The highest BCUT2D eigenvalue weighted by Crippen LogP contribution is 2.19. The van der Waals surface area contributed by atoms with Crippen LogP contribution in [0.1, 0.15) is 29.4 Å². The van der Waals surface area contributed by atoms with Crippen LogP contribution in [0, 0.1) is 0 Å². The maximum atomic E-state index is 12.4. The van der Waals surface area contributed by atoms with E-state index >= 15 is 0 Å². The molecular weight excluding hydrogens is 356 g/mol. The Hall–Kier alpha value is -2.71. The molecule has 1 fully saturated rings. The predicted octanol–water partition coefficient (Wildman–Crippen LogP) is 2.53. The Kier molecular flexibility index (Phi) is 5.65. The van der Waals surface area contributed by atoms with Crippen molar-refractivity contribution in [1.29, 1.82) is 0 Å². The number of hydrogen-bond donors (Lipinski definition) is 2. The van der Waals surface area contributed by atoms with Crippen LogP contribution < -0.4 is 10.6 Å². The molecule has 136 valence electrons. The Bertz CT molecular complexity index is 841. The van der Waals surface area contributed by atoms with E-state index < -0.39 is 0 Å². The van der Waals surface area contributed by atoms with Gasteiger partial charge in [-0.05, 0) is 49.7 Å². The summed E-state index contributed by atoms with van der Waals surface area (Å²) >= 11 is 0. The molecule has 1 aromatic carbocycles. The minimum atomic E-state index is -0.227. The number of rotatable bonds is 4. The van der Waals surface area contributed by atoms with E-state index in [2.05, 4.69) is 25.9 Å². The quantitative estimate of drug-likeness (QED) is 0.728. The lowest BCUT2D eigenvalue weighted by molar-refractivity contribution is 0.102.